The molecule has 0 atom stereocenters. The number of hydrogen-bond donors (Lipinski definition) is 2. The number of rotatable bonds is 3. The van der Waals surface area contributed by atoms with Gasteiger partial charge in [-0.25, -0.2) is 0 Å². The van der Waals surface area contributed by atoms with Crippen molar-refractivity contribution in [2.75, 3.05) is 30.0 Å². The largest absolute Gasteiger partial charge is 0.396 e. The van der Waals surface area contributed by atoms with E-state index in [1.807, 2.05) is 43.3 Å². The van der Waals surface area contributed by atoms with Gasteiger partial charge >= 0.3 is 0 Å². The van der Waals surface area contributed by atoms with Gasteiger partial charge in [-0.1, -0.05) is 12.1 Å². The fraction of sp³-hybridized carbons (Fsp3) is 0.231. The van der Waals surface area contributed by atoms with Crippen LogP contribution in [0.5, 0.6) is 0 Å². The van der Waals surface area contributed by atoms with Crippen LogP contribution in [0.3, 0.4) is 0 Å². The molecule has 3 N–H and O–H groups in total. The van der Waals surface area contributed by atoms with Crippen molar-refractivity contribution in [2.45, 2.75) is 0 Å². The Morgan fingerprint density at radius 1 is 1.37 bits per heavy atom. The molecule has 2 rings (SSSR count). The molecule has 0 fully saturated rings. The number of aromatic nitrogens is 2. The Morgan fingerprint density at radius 2 is 2.05 bits per heavy atom. The summed E-state index contributed by atoms with van der Waals surface area (Å²) in [6.45, 7) is 0. The minimum Gasteiger partial charge on any atom is -0.396 e. The van der Waals surface area contributed by atoms with Gasteiger partial charge in [0.05, 0.1) is 17.1 Å². The first kappa shape index (κ1) is 12.9. The van der Waals surface area contributed by atoms with Gasteiger partial charge in [-0.3, -0.25) is 9.48 Å². The molecule has 0 aliphatic rings. The van der Waals surface area contributed by atoms with Crippen LogP contribution in [0.1, 0.15) is 10.5 Å². The fourth-order valence-corrected chi connectivity index (χ4v) is 1.83. The number of para-hydroxylation sites is 2. The quantitative estimate of drug-likeness (QED) is 0.871. The predicted octanol–water partition coefficient (Wildman–Crippen LogP) is 1.32. The maximum Gasteiger partial charge on any atom is 0.278 e. The van der Waals surface area contributed by atoms with E-state index in [0.717, 1.165) is 11.4 Å². The lowest BCUT2D eigenvalue weighted by atomic mass is 10.2. The lowest BCUT2D eigenvalue weighted by Crippen LogP contribution is -2.18. The summed E-state index contributed by atoms with van der Waals surface area (Å²) in [6.07, 6.45) is 1.60. The molecule has 0 saturated heterocycles. The molecule has 1 aromatic carbocycles. The summed E-state index contributed by atoms with van der Waals surface area (Å²) >= 11 is 0. The van der Waals surface area contributed by atoms with Crippen LogP contribution >= 0.6 is 0 Å². The molecule has 0 saturated carbocycles. The zero-order valence-corrected chi connectivity index (χ0v) is 11.2. The molecule has 0 unspecified atom stereocenters. The van der Waals surface area contributed by atoms with Gasteiger partial charge in [0.15, 0.2) is 5.69 Å². The highest BCUT2D eigenvalue weighted by Crippen LogP contribution is 2.24. The van der Waals surface area contributed by atoms with E-state index in [-0.39, 0.29) is 11.6 Å². The lowest BCUT2D eigenvalue weighted by molar-refractivity contribution is 0.102. The molecular weight excluding hydrogens is 242 g/mol. The zero-order chi connectivity index (χ0) is 14.0. The van der Waals surface area contributed by atoms with Gasteiger partial charge in [-0.05, 0) is 12.1 Å². The molecule has 6 heteroatoms. The molecular formula is C13H17N5O. The summed E-state index contributed by atoms with van der Waals surface area (Å²) in [4.78, 5) is 14.1. The smallest absolute Gasteiger partial charge is 0.278 e. The number of carbonyl (C=O) groups is 1. The maximum atomic E-state index is 12.1. The van der Waals surface area contributed by atoms with Gasteiger partial charge in [-0.15, -0.1) is 0 Å². The summed E-state index contributed by atoms with van der Waals surface area (Å²) in [5, 5.41) is 6.87. The van der Waals surface area contributed by atoms with E-state index in [1.54, 1.807) is 13.2 Å². The third kappa shape index (κ3) is 2.67. The van der Waals surface area contributed by atoms with Crippen LogP contribution in [-0.2, 0) is 7.05 Å². The molecule has 19 heavy (non-hydrogen) atoms. The predicted molar refractivity (Wildman–Crippen MR) is 76.3 cm³/mol. The van der Waals surface area contributed by atoms with E-state index in [4.69, 9.17) is 5.73 Å². The Kier molecular flexibility index (Phi) is 3.41. The summed E-state index contributed by atoms with van der Waals surface area (Å²) in [5.41, 5.74) is 7.98. The highest BCUT2D eigenvalue weighted by molar-refractivity contribution is 6.07. The number of anilines is 3. The highest BCUT2D eigenvalue weighted by Gasteiger charge is 2.15. The number of benzene rings is 1. The van der Waals surface area contributed by atoms with Crippen LogP contribution < -0.4 is 16.0 Å². The molecule has 2 aromatic rings. The number of nitrogens with zero attached hydrogens (tertiary/aromatic N) is 3. The number of aryl methyl sites for hydroxylation is 1. The number of nitrogens with two attached hydrogens (primary N) is 1. The number of nitrogen functional groups attached to an aromatic ring is 1. The van der Waals surface area contributed by atoms with Crippen molar-refractivity contribution in [3.63, 3.8) is 0 Å². The van der Waals surface area contributed by atoms with Crippen LogP contribution in [0.2, 0.25) is 0 Å². The Morgan fingerprint density at radius 3 is 2.63 bits per heavy atom. The maximum absolute atomic E-state index is 12.1. The second-order valence-corrected chi connectivity index (χ2v) is 4.47. The van der Waals surface area contributed by atoms with E-state index in [2.05, 4.69) is 10.4 Å². The Hall–Kier alpha value is -2.50. The van der Waals surface area contributed by atoms with Crippen molar-refractivity contribution in [2.24, 2.45) is 7.05 Å². The number of hydrogen-bond acceptors (Lipinski definition) is 4. The van der Waals surface area contributed by atoms with Gasteiger partial charge in [-0.2, -0.15) is 5.10 Å². The standard InChI is InChI=1S/C13H17N5O/c1-17(2)11-7-5-4-6-10(11)15-13(19)12-9(14)8-18(3)16-12/h4-8H,14H2,1-3H3,(H,15,19). The van der Waals surface area contributed by atoms with Crippen LogP contribution in [0.15, 0.2) is 30.5 Å². The third-order valence-electron chi connectivity index (χ3n) is 2.71. The Bertz CT molecular complexity index is 603. The Labute approximate surface area is 111 Å². The van der Waals surface area contributed by atoms with Gasteiger partial charge in [0.25, 0.3) is 5.91 Å². The topological polar surface area (TPSA) is 76.2 Å². The average molecular weight is 259 g/mol. The molecule has 1 heterocycles. The van der Waals surface area contributed by atoms with Crippen molar-refractivity contribution in [3.05, 3.63) is 36.2 Å². The molecule has 6 nitrogen and oxygen atoms in total. The van der Waals surface area contributed by atoms with Gasteiger partial charge in [0, 0.05) is 27.3 Å². The van der Waals surface area contributed by atoms with E-state index in [1.165, 1.54) is 4.68 Å². The van der Waals surface area contributed by atoms with Crippen LogP contribution in [0.25, 0.3) is 0 Å². The molecule has 1 aromatic heterocycles. The highest BCUT2D eigenvalue weighted by atomic mass is 16.2. The second kappa shape index (κ2) is 5.01. The van der Waals surface area contributed by atoms with E-state index in [0.29, 0.717) is 5.69 Å². The van der Waals surface area contributed by atoms with Crippen molar-refractivity contribution in [1.82, 2.24) is 9.78 Å². The molecule has 0 aliphatic carbocycles. The minimum absolute atomic E-state index is 0.232. The first-order valence-electron chi connectivity index (χ1n) is 5.86. The normalized spacial score (nSPS) is 10.3. The summed E-state index contributed by atoms with van der Waals surface area (Å²) in [7, 11) is 5.56. The van der Waals surface area contributed by atoms with Crippen LogP contribution in [0, 0.1) is 0 Å². The van der Waals surface area contributed by atoms with Crippen LogP contribution in [0.4, 0.5) is 17.1 Å². The molecule has 100 valence electrons. The lowest BCUT2D eigenvalue weighted by Gasteiger charge is -2.17. The minimum atomic E-state index is -0.313. The third-order valence-corrected chi connectivity index (χ3v) is 2.71. The van der Waals surface area contributed by atoms with E-state index >= 15 is 0 Å². The average Bonchev–Trinajstić information content (AvgIpc) is 2.69. The second-order valence-electron chi connectivity index (χ2n) is 4.47. The first-order valence-corrected chi connectivity index (χ1v) is 5.86. The molecule has 0 radical (unpaired) electrons. The summed E-state index contributed by atoms with van der Waals surface area (Å²) < 4.78 is 1.52. The van der Waals surface area contributed by atoms with Gasteiger partial charge in [0.1, 0.15) is 0 Å². The summed E-state index contributed by atoms with van der Waals surface area (Å²) in [6, 6.07) is 7.55. The summed E-state index contributed by atoms with van der Waals surface area (Å²) in [5.74, 6) is -0.313. The number of nitrogens with one attached hydrogen (secondary N) is 1. The van der Waals surface area contributed by atoms with Crippen molar-refractivity contribution < 1.29 is 4.79 Å². The SMILES string of the molecule is CN(C)c1ccccc1NC(=O)c1nn(C)cc1N. The van der Waals surface area contributed by atoms with Crippen molar-refractivity contribution in [1.29, 1.82) is 0 Å². The zero-order valence-electron chi connectivity index (χ0n) is 11.2. The Balaban J connectivity index is 2.27. The molecule has 0 aliphatic heterocycles. The van der Waals surface area contributed by atoms with E-state index in [9.17, 15) is 4.79 Å². The number of carbonyl (C=O) groups excluding carboxylic acids is 1. The first-order chi connectivity index (χ1) is 8.99. The molecule has 0 spiro atoms. The fourth-order valence-electron chi connectivity index (χ4n) is 1.83. The van der Waals surface area contributed by atoms with Gasteiger partial charge in [0.2, 0.25) is 0 Å². The monoisotopic (exact) mass is 259 g/mol. The molecule has 1 amide bonds. The van der Waals surface area contributed by atoms with Crippen molar-refractivity contribution >= 4 is 23.0 Å². The van der Waals surface area contributed by atoms with E-state index < -0.39 is 0 Å². The van der Waals surface area contributed by atoms with Crippen LogP contribution in [-0.4, -0.2) is 29.8 Å². The molecule has 0 bridgehead atoms. The van der Waals surface area contributed by atoms with Gasteiger partial charge < -0.3 is 16.0 Å². The number of amides is 1. The van der Waals surface area contributed by atoms with Crippen molar-refractivity contribution in [3.8, 4) is 0 Å².